The number of nitro groups is 1. The molecule has 2 N–H and O–H groups in total. The van der Waals surface area contributed by atoms with Crippen molar-refractivity contribution in [1.29, 1.82) is 0 Å². The highest BCUT2D eigenvalue weighted by Crippen LogP contribution is 2.18. The number of rotatable bonds is 4. The number of amides is 2. The molecule has 112 valence electrons. The molecule has 8 heteroatoms. The third-order valence-corrected chi connectivity index (χ3v) is 3.46. The fraction of sp³-hybridized carbons (Fsp3) is 0. The van der Waals surface area contributed by atoms with Crippen LogP contribution in [-0.4, -0.2) is 16.7 Å². The summed E-state index contributed by atoms with van der Waals surface area (Å²) in [5.74, 6) is -1.02. The zero-order valence-corrected chi connectivity index (χ0v) is 12.0. The van der Waals surface area contributed by atoms with E-state index in [0.29, 0.717) is 10.4 Å². The summed E-state index contributed by atoms with van der Waals surface area (Å²) in [6, 6.07) is 9.37. The average molecular weight is 317 g/mol. The number of nitrogens with one attached hydrogen (secondary N) is 2. The molecule has 1 aromatic carbocycles. The second-order valence-electron chi connectivity index (χ2n) is 4.07. The summed E-state index contributed by atoms with van der Waals surface area (Å²) in [6.07, 6.45) is 2.42. The second-order valence-corrected chi connectivity index (χ2v) is 5.02. The second kappa shape index (κ2) is 7.14. The van der Waals surface area contributed by atoms with Gasteiger partial charge in [0.1, 0.15) is 0 Å². The van der Waals surface area contributed by atoms with Gasteiger partial charge in [0.2, 0.25) is 0 Å². The number of nitro benzene ring substituents is 1. The van der Waals surface area contributed by atoms with Crippen LogP contribution in [0.3, 0.4) is 0 Å². The lowest BCUT2D eigenvalue weighted by atomic mass is 10.1. The topological polar surface area (TPSA) is 101 Å². The maximum atomic E-state index is 11.6. The van der Waals surface area contributed by atoms with Crippen LogP contribution in [0.2, 0.25) is 0 Å². The number of para-hydroxylation sites is 1. The number of carbonyl (C=O) groups is 2. The van der Waals surface area contributed by atoms with Gasteiger partial charge in [-0.3, -0.25) is 30.6 Å². The Morgan fingerprint density at radius 1 is 1.14 bits per heavy atom. The van der Waals surface area contributed by atoms with Gasteiger partial charge in [-0.05, 0) is 23.6 Å². The van der Waals surface area contributed by atoms with Crippen molar-refractivity contribution in [3.8, 4) is 0 Å². The molecular formula is C14H11N3O4S. The maximum absolute atomic E-state index is 11.6. The Hall–Kier alpha value is -3.00. The number of hydrazine groups is 1. The van der Waals surface area contributed by atoms with Crippen LogP contribution in [0.25, 0.3) is 6.08 Å². The first-order chi connectivity index (χ1) is 10.6. The van der Waals surface area contributed by atoms with Gasteiger partial charge in [0, 0.05) is 12.1 Å². The lowest BCUT2D eigenvalue weighted by Gasteiger charge is -2.03. The molecule has 22 heavy (non-hydrogen) atoms. The Morgan fingerprint density at radius 3 is 2.59 bits per heavy atom. The van der Waals surface area contributed by atoms with Crippen LogP contribution in [-0.2, 0) is 4.79 Å². The van der Waals surface area contributed by atoms with Gasteiger partial charge >= 0.3 is 0 Å². The van der Waals surface area contributed by atoms with E-state index in [2.05, 4.69) is 10.9 Å². The summed E-state index contributed by atoms with van der Waals surface area (Å²) in [7, 11) is 0. The lowest BCUT2D eigenvalue weighted by molar-refractivity contribution is -0.385. The monoisotopic (exact) mass is 317 g/mol. The molecule has 0 radical (unpaired) electrons. The van der Waals surface area contributed by atoms with Gasteiger partial charge in [-0.2, -0.15) is 0 Å². The minimum absolute atomic E-state index is 0.103. The molecule has 2 amide bonds. The van der Waals surface area contributed by atoms with Crippen LogP contribution < -0.4 is 10.9 Å². The van der Waals surface area contributed by atoms with E-state index in [1.54, 1.807) is 23.6 Å². The quantitative estimate of drug-likeness (QED) is 0.512. The molecule has 0 saturated carbocycles. The molecule has 0 aliphatic heterocycles. The molecule has 0 unspecified atom stereocenters. The van der Waals surface area contributed by atoms with E-state index < -0.39 is 16.7 Å². The van der Waals surface area contributed by atoms with Crippen LogP contribution in [0.15, 0.2) is 47.9 Å². The van der Waals surface area contributed by atoms with Gasteiger partial charge in [0.15, 0.2) is 0 Å². The van der Waals surface area contributed by atoms with Crippen molar-refractivity contribution in [2.45, 2.75) is 0 Å². The highest BCUT2D eigenvalue weighted by molar-refractivity contribution is 7.12. The molecular weight excluding hydrogens is 306 g/mol. The van der Waals surface area contributed by atoms with Gasteiger partial charge < -0.3 is 0 Å². The molecule has 0 spiro atoms. The van der Waals surface area contributed by atoms with E-state index in [0.717, 1.165) is 6.08 Å². The van der Waals surface area contributed by atoms with Gasteiger partial charge in [-0.15, -0.1) is 11.3 Å². The molecule has 0 bridgehead atoms. The lowest BCUT2D eigenvalue weighted by Crippen LogP contribution is -2.40. The standard InChI is InChI=1S/C14H11N3O4S/c18-13(15-16-14(19)12-6-3-9-22-12)8-7-10-4-1-2-5-11(10)17(20)21/h1-9H,(H,15,18)(H,16,19)/b8-7+. The summed E-state index contributed by atoms with van der Waals surface area (Å²) >= 11 is 1.24. The van der Waals surface area contributed by atoms with Gasteiger partial charge in [0.25, 0.3) is 17.5 Å². The van der Waals surface area contributed by atoms with Crippen LogP contribution in [0.1, 0.15) is 15.2 Å². The molecule has 7 nitrogen and oxygen atoms in total. The van der Waals surface area contributed by atoms with E-state index in [9.17, 15) is 19.7 Å². The Kier molecular flexibility index (Phi) is 4.99. The van der Waals surface area contributed by atoms with Crippen LogP contribution in [0.4, 0.5) is 5.69 Å². The fourth-order valence-corrected chi connectivity index (χ4v) is 2.21. The molecule has 0 fully saturated rings. The number of nitrogens with zero attached hydrogens (tertiary/aromatic N) is 1. The van der Waals surface area contributed by atoms with E-state index >= 15 is 0 Å². The fourth-order valence-electron chi connectivity index (χ4n) is 1.59. The Balaban J connectivity index is 1.95. The zero-order valence-electron chi connectivity index (χ0n) is 11.2. The minimum atomic E-state index is -0.594. The molecule has 0 saturated heterocycles. The van der Waals surface area contributed by atoms with Gasteiger partial charge in [-0.25, -0.2) is 0 Å². The summed E-state index contributed by atoms with van der Waals surface area (Å²) in [5.41, 5.74) is 4.64. The first-order valence-electron chi connectivity index (χ1n) is 6.13. The Morgan fingerprint density at radius 2 is 1.91 bits per heavy atom. The van der Waals surface area contributed by atoms with Gasteiger partial charge in [-0.1, -0.05) is 18.2 Å². The van der Waals surface area contributed by atoms with Gasteiger partial charge in [0.05, 0.1) is 15.4 Å². The molecule has 1 aromatic heterocycles. The van der Waals surface area contributed by atoms with E-state index in [-0.39, 0.29) is 5.69 Å². The summed E-state index contributed by atoms with van der Waals surface area (Å²) < 4.78 is 0. The molecule has 0 aliphatic carbocycles. The summed E-state index contributed by atoms with van der Waals surface area (Å²) in [4.78, 5) is 33.9. The molecule has 0 atom stereocenters. The highest BCUT2D eigenvalue weighted by atomic mass is 32.1. The third kappa shape index (κ3) is 4.00. The Labute approximate surface area is 129 Å². The van der Waals surface area contributed by atoms with Crippen molar-refractivity contribution in [2.24, 2.45) is 0 Å². The van der Waals surface area contributed by atoms with Crippen molar-refractivity contribution in [1.82, 2.24) is 10.9 Å². The van der Waals surface area contributed by atoms with Crippen LogP contribution >= 0.6 is 11.3 Å². The van der Waals surface area contributed by atoms with Crippen molar-refractivity contribution in [2.75, 3.05) is 0 Å². The van der Waals surface area contributed by atoms with Crippen LogP contribution in [0, 0.1) is 10.1 Å². The maximum Gasteiger partial charge on any atom is 0.279 e. The van der Waals surface area contributed by atoms with Crippen molar-refractivity contribution >= 4 is 34.9 Å². The number of benzene rings is 1. The number of hydrogen-bond donors (Lipinski definition) is 2. The zero-order chi connectivity index (χ0) is 15.9. The van der Waals surface area contributed by atoms with E-state index in [4.69, 9.17) is 0 Å². The van der Waals surface area contributed by atoms with Crippen molar-refractivity contribution in [3.05, 3.63) is 68.4 Å². The molecule has 0 aliphatic rings. The molecule has 2 aromatic rings. The normalized spacial score (nSPS) is 10.4. The number of thiophene rings is 1. The summed E-state index contributed by atoms with van der Waals surface area (Å²) in [5, 5.41) is 12.6. The van der Waals surface area contributed by atoms with Crippen LogP contribution in [0.5, 0.6) is 0 Å². The largest absolute Gasteiger partial charge is 0.279 e. The van der Waals surface area contributed by atoms with E-state index in [1.165, 1.54) is 35.6 Å². The van der Waals surface area contributed by atoms with Crippen molar-refractivity contribution in [3.63, 3.8) is 0 Å². The SMILES string of the molecule is O=C(/C=C/c1ccccc1[N+](=O)[O-])NNC(=O)c1cccs1. The first kappa shape index (κ1) is 15.4. The van der Waals surface area contributed by atoms with Crippen molar-refractivity contribution < 1.29 is 14.5 Å². The number of hydrogen-bond acceptors (Lipinski definition) is 5. The first-order valence-corrected chi connectivity index (χ1v) is 7.01. The predicted molar refractivity (Wildman–Crippen MR) is 82.1 cm³/mol. The highest BCUT2D eigenvalue weighted by Gasteiger charge is 2.10. The van der Waals surface area contributed by atoms with E-state index in [1.807, 2.05) is 0 Å². The Bertz CT molecular complexity index is 725. The minimum Gasteiger partial charge on any atom is -0.268 e. The molecule has 1 heterocycles. The average Bonchev–Trinajstić information content (AvgIpc) is 3.05. The third-order valence-electron chi connectivity index (χ3n) is 2.59. The summed E-state index contributed by atoms with van der Waals surface area (Å²) in [6.45, 7) is 0. The number of carbonyl (C=O) groups excluding carboxylic acids is 2. The molecule has 2 rings (SSSR count). The smallest absolute Gasteiger partial charge is 0.268 e. The predicted octanol–water partition coefficient (Wildman–Crippen LogP) is 2.13.